The Morgan fingerprint density at radius 3 is 1.32 bits per heavy atom. The summed E-state index contributed by atoms with van der Waals surface area (Å²) in [6, 6.07) is 0. The molecule has 0 aliphatic heterocycles. The van der Waals surface area contributed by atoms with E-state index < -0.39 is 0 Å². The number of rotatable bonds is 2. The second-order valence-corrected chi connectivity index (χ2v) is 7.98. The van der Waals surface area contributed by atoms with Crippen LogP contribution in [-0.4, -0.2) is 6.29 Å². The molecule has 0 aromatic heterocycles. The predicted octanol–water partition coefficient (Wildman–Crippen LogP) is 6.75. The van der Waals surface area contributed by atoms with Gasteiger partial charge in [-0.2, -0.15) is 0 Å². The highest BCUT2D eigenvalue weighted by molar-refractivity contribution is 5.60. The fourth-order valence-corrected chi connectivity index (χ4v) is 4.85. The van der Waals surface area contributed by atoms with Gasteiger partial charge in [-0.05, 0) is 31.6 Å². The molecule has 2 aliphatic carbocycles. The van der Waals surface area contributed by atoms with Crippen molar-refractivity contribution in [1.29, 1.82) is 0 Å². The second-order valence-electron chi connectivity index (χ2n) is 7.98. The highest BCUT2D eigenvalue weighted by Gasteiger charge is 2.38. The summed E-state index contributed by atoms with van der Waals surface area (Å²) in [5.41, 5.74) is -0.0868. The van der Waals surface area contributed by atoms with Crippen LogP contribution in [0, 0.1) is 11.3 Å². The maximum absolute atomic E-state index is 12.1. The fraction of sp³-hybridized carbons (Fsp3) is 0.952. The van der Waals surface area contributed by atoms with Crippen LogP contribution in [-0.2, 0) is 4.79 Å². The first-order valence-corrected chi connectivity index (χ1v) is 10.3. The lowest BCUT2D eigenvalue weighted by Crippen LogP contribution is -2.33. The van der Waals surface area contributed by atoms with Gasteiger partial charge in [0.05, 0.1) is 0 Å². The van der Waals surface area contributed by atoms with E-state index in [0.29, 0.717) is 5.92 Å². The number of carbonyl (C=O) groups excluding carboxylic acids is 1. The molecule has 0 amide bonds. The molecule has 0 heterocycles. The van der Waals surface area contributed by atoms with Gasteiger partial charge in [-0.1, -0.05) is 89.9 Å². The Bertz CT molecular complexity index is 276. The van der Waals surface area contributed by atoms with Crippen LogP contribution in [0.4, 0.5) is 0 Å². The minimum atomic E-state index is -0.0868. The van der Waals surface area contributed by atoms with Crippen LogP contribution in [0.5, 0.6) is 0 Å². The van der Waals surface area contributed by atoms with Crippen molar-refractivity contribution >= 4 is 6.29 Å². The molecular weight excluding hydrogens is 268 g/mol. The minimum absolute atomic E-state index is 0.0868. The second kappa shape index (κ2) is 10.4. The standard InChI is InChI=1S/C21H37O/c22-19-21(17-13-9-5-2-6-10-14-18-21)20-15-11-7-3-1-4-8-12-16-20/h20H,1-18H2. The first kappa shape index (κ1) is 18.0. The topological polar surface area (TPSA) is 17.1 Å². The number of hydrogen-bond donors (Lipinski definition) is 0. The molecule has 2 rings (SSSR count). The summed E-state index contributed by atoms with van der Waals surface area (Å²) in [5.74, 6) is 0.627. The van der Waals surface area contributed by atoms with Crippen LogP contribution in [0.15, 0.2) is 0 Å². The van der Waals surface area contributed by atoms with Gasteiger partial charge in [0.25, 0.3) is 0 Å². The average molecular weight is 306 g/mol. The van der Waals surface area contributed by atoms with Crippen molar-refractivity contribution in [1.82, 2.24) is 0 Å². The molecule has 1 nitrogen and oxygen atoms in total. The molecule has 0 aromatic carbocycles. The zero-order chi connectivity index (χ0) is 15.5. The third kappa shape index (κ3) is 5.70. The maximum Gasteiger partial charge on any atom is 0.205 e. The van der Waals surface area contributed by atoms with Crippen molar-refractivity contribution in [3.05, 3.63) is 0 Å². The normalized spacial score (nSPS) is 26.9. The highest BCUT2D eigenvalue weighted by atomic mass is 16.1. The molecule has 1 radical (unpaired) electrons. The molecule has 0 atom stereocenters. The van der Waals surface area contributed by atoms with E-state index in [4.69, 9.17) is 0 Å². The van der Waals surface area contributed by atoms with E-state index in [2.05, 4.69) is 6.29 Å². The van der Waals surface area contributed by atoms with Crippen LogP contribution in [0.3, 0.4) is 0 Å². The van der Waals surface area contributed by atoms with Gasteiger partial charge in [0, 0.05) is 5.41 Å². The molecule has 0 unspecified atom stereocenters. The van der Waals surface area contributed by atoms with Crippen LogP contribution in [0.25, 0.3) is 0 Å². The van der Waals surface area contributed by atoms with Gasteiger partial charge in [0.15, 0.2) is 0 Å². The summed E-state index contributed by atoms with van der Waals surface area (Å²) in [6.45, 7) is 0. The molecule has 0 aromatic rings. The summed E-state index contributed by atoms with van der Waals surface area (Å²) >= 11 is 0. The Kier molecular flexibility index (Phi) is 8.55. The van der Waals surface area contributed by atoms with Gasteiger partial charge in [-0.15, -0.1) is 0 Å². The monoisotopic (exact) mass is 305 g/mol. The Morgan fingerprint density at radius 2 is 0.909 bits per heavy atom. The number of hydrogen-bond acceptors (Lipinski definition) is 1. The van der Waals surface area contributed by atoms with E-state index in [9.17, 15) is 4.79 Å². The molecular formula is C21H37O. The van der Waals surface area contributed by atoms with Crippen molar-refractivity contribution in [3.63, 3.8) is 0 Å². The summed E-state index contributed by atoms with van der Waals surface area (Å²) in [5, 5.41) is 0. The lowest BCUT2D eigenvalue weighted by atomic mass is 9.65. The lowest BCUT2D eigenvalue weighted by Gasteiger charge is -2.37. The van der Waals surface area contributed by atoms with E-state index >= 15 is 0 Å². The molecule has 2 aliphatic rings. The van der Waals surface area contributed by atoms with Crippen LogP contribution < -0.4 is 0 Å². The van der Waals surface area contributed by atoms with Gasteiger partial charge in [-0.3, -0.25) is 4.79 Å². The van der Waals surface area contributed by atoms with Crippen molar-refractivity contribution in [2.24, 2.45) is 11.3 Å². The van der Waals surface area contributed by atoms with Crippen molar-refractivity contribution in [2.45, 2.75) is 116 Å². The Hall–Kier alpha value is -0.330. The fourth-order valence-electron chi connectivity index (χ4n) is 4.85. The molecule has 2 fully saturated rings. The quantitative estimate of drug-likeness (QED) is 0.551. The lowest BCUT2D eigenvalue weighted by molar-refractivity contribution is 0.164. The van der Waals surface area contributed by atoms with E-state index in [-0.39, 0.29) is 5.41 Å². The van der Waals surface area contributed by atoms with Gasteiger partial charge in [0.1, 0.15) is 0 Å². The van der Waals surface area contributed by atoms with E-state index in [1.807, 2.05) is 0 Å². The van der Waals surface area contributed by atoms with Crippen LogP contribution in [0.1, 0.15) is 116 Å². The van der Waals surface area contributed by atoms with Gasteiger partial charge < -0.3 is 0 Å². The van der Waals surface area contributed by atoms with Crippen molar-refractivity contribution in [3.8, 4) is 0 Å². The van der Waals surface area contributed by atoms with E-state index in [1.165, 1.54) is 103 Å². The molecule has 2 saturated carbocycles. The first-order chi connectivity index (χ1) is 10.9. The smallest absolute Gasteiger partial charge is 0.205 e. The zero-order valence-electron chi connectivity index (χ0n) is 14.7. The largest absolute Gasteiger partial charge is 0.290 e. The summed E-state index contributed by atoms with van der Waals surface area (Å²) in [6.07, 6.45) is 26.5. The van der Waals surface area contributed by atoms with Crippen LogP contribution in [0.2, 0.25) is 0 Å². The van der Waals surface area contributed by atoms with E-state index in [0.717, 1.165) is 12.8 Å². The summed E-state index contributed by atoms with van der Waals surface area (Å²) in [7, 11) is 0. The van der Waals surface area contributed by atoms with Gasteiger partial charge in [0.2, 0.25) is 6.29 Å². The molecule has 22 heavy (non-hydrogen) atoms. The minimum Gasteiger partial charge on any atom is -0.290 e. The first-order valence-electron chi connectivity index (χ1n) is 10.3. The van der Waals surface area contributed by atoms with Crippen LogP contribution >= 0.6 is 0 Å². The third-order valence-corrected chi connectivity index (χ3v) is 6.34. The van der Waals surface area contributed by atoms with Gasteiger partial charge in [-0.25, -0.2) is 0 Å². The molecule has 0 bridgehead atoms. The SMILES string of the molecule is O=[C]C1(C2CCCCCCCCC2)CCCCCCCCC1. The van der Waals surface area contributed by atoms with Crippen molar-refractivity contribution < 1.29 is 4.79 Å². The Balaban J connectivity index is 2.02. The maximum atomic E-state index is 12.1. The Morgan fingerprint density at radius 1 is 0.545 bits per heavy atom. The third-order valence-electron chi connectivity index (χ3n) is 6.34. The molecule has 127 valence electrons. The molecule has 0 N–H and O–H groups in total. The molecule has 0 spiro atoms. The summed E-state index contributed by atoms with van der Waals surface area (Å²) < 4.78 is 0. The summed E-state index contributed by atoms with van der Waals surface area (Å²) in [4.78, 5) is 12.1. The average Bonchev–Trinajstić information content (AvgIpc) is 2.57. The Labute approximate surface area is 138 Å². The zero-order valence-corrected chi connectivity index (χ0v) is 14.7. The van der Waals surface area contributed by atoms with Gasteiger partial charge >= 0.3 is 0 Å². The van der Waals surface area contributed by atoms with Crippen molar-refractivity contribution in [2.75, 3.05) is 0 Å². The molecule has 0 saturated heterocycles. The highest BCUT2D eigenvalue weighted by Crippen LogP contribution is 2.43. The molecule has 1 heteroatoms. The predicted molar refractivity (Wildman–Crippen MR) is 94.7 cm³/mol. The van der Waals surface area contributed by atoms with E-state index in [1.54, 1.807) is 0 Å².